The summed E-state index contributed by atoms with van der Waals surface area (Å²) in [6, 6.07) is 10.5. The number of carbonyl (C=O) groups is 1. The number of carbonyl (C=O) groups excluding carboxylic acids is 1. The standard InChI is InChI=1S/C17H25N3O2/c1-19(12-17(13-21)8-9-17)16(22)18-14-7-10-20(11-14)15-5-3-2-4-6-15/h2-6,14,21H,7-13H2,1H3,(H,18,22)/t14-/m0/s1. The molecule has 120 valence electrons. The van der Waals surface area contributed by atoms with Gasteiger partial charge in [0.05, 0.1) is 6.61 Å². The van der Waals surface area contributed by atoms with Gasteiger partial charge in [0.25, 0.3) is 0 Å². The first kappa shape index (κ1) is 15.2. The molecule has 1 saturated carbocycles. The number of aliphatic hydroxyl groups is 1. The van der Waals surface area contributed by atoms with Crippen LogP contribution in [0.3, 0.4) is 0 Å². The number of nitrogens with zero attached hydrogens (tertiary/aromatic N) is 2. The Morgan fingerprint density at radius 3 is 2.77 bits per heavy atom. The van der Waals surface area contributed by atoms with Gasteiger partial charge in [-0.3, -0.25) is 0 Å². The predicted molar refractivity (Wildman–Crippen MR) is 87.0 cm³/mol. The van der Waals surface area contributed by atoms with E-state index in [1.165, 1.54) is 5.69 Å². The molecule has 0 spiro atoms. The van der Waals surface area contributed by atoms with Gasteiger partial charge in [0.15, 0.2) is 0 Å². The van der Waals surface area contributed by atoms with Gasteiger partial charge < -0.3 is 20.2 Å². The second-order valence-corrected chi connectivity index (χ2v) is 6.73. The fraction of sp³-hybridized carbons (Fsp3) is 0.588. The van der Waals surface area contributed by atoms with Crippen LogP contribution in [0.1, 0.15) is 19.3 Å². The molecule has 2 aliphatic rings. The van der Waals surface area contributed by atoms with E-state index in [0.717, 1.165) is 32.4 Å². The van der Waals surface area contributed by atoms with Crippen molar-refractivity contribution in [3.63, 3.8) is 0 Å². The molecule has 0 radical (unpaired) electrons. The number of hydrogen-bond acceptors (Lipinski definition) is 3. The molecule has 3 rings (SSSR count). The van der Waals surface area contributed by atoms with E-state index >= 15 is 0 Å². The summed E-state index contributed by atoms with van der Waals surface area (Å²) in [5.41, 5.74) is 1.18. The summed E-state index contributed by atoms with van der Waals surface area (Å²) in [5.74, 6) is 0. The normalized spacial score (nSPS) is 22.5. The van der Waals surface area contributed by atoms with Crippen LogP contribution >= 0.6 is 0 Å². The van der Waals surface area contributed by atoms with Gasteiger partial charge in [0.2, 0.25) is 0 Å². The van der Waals surface area contributed by atoms with E-state index < -0.39 is 0 Å². The Labute approximate surface area is 131 Å². The fourth-order valence-corrected chi connectivity index (χ4v) is 3.15. The van der Waals surface area contributed by atoms with Gasteiger partial charge in [-0.05, 0) is 31.4 Å². The molecule has 0 bridgehead atoms. The fourth-order valence-electron chi connectivity index (χ4n) is 3.15. The predicted octanol–water partition coefficient (Wildman–Crippen LogP) is 1.68. The summed E-state index contributed by atoms with van der Waals surface area (Å²) in [5, 5.41) is 12.5. The second-order valence-electron chi connectivity index (χ2n) is 6.73. The lowest BCUT2D eigenvalue weighted by molar-refractivity contribution is 0.160. The van der Waals surface area contributed by atoms with Crippen LogP contribution in [0.2, 0.25) is 0 Å². The Balaban J connectivity index is 1.48. The molecule has 1 aliphatic heterocycles. The van der Waals surface area contributed by atoms with Crippen molar-refractivity contribution in [2.24, 2.45) is 5.41 Å². The topological polar surface area (TPSA) is 55.8 Å². The van der Waals surface area contributed by atoms with Gasteiger partial charge in [-0.15, -0.1) is 0 Å². The van der Waals surface area contributed by atoms with E-state index in [4.69, 9.17) is 0 Å². The first-order chi connectivity index (χ1) is 10.6. The first-order valence-corrected chi connectivity index (χ1v) is 8.04. The van der Waals surface area contributed by atoms with Crippen molar-refractivity contribution in [2.45, 2.75) is 25.3 Å². The SMILES string of the molecule is CN(CC1(CO)CC1)C(=O)N[C@H]1CCN(c2ccccc2)C1. The molecule has 0 aromatic heterocycles. The number of anilines is 1. The van der Waals surface area contributed by atoms with Crippen LogP contribution in [-0.4, -0.2) is 55.4 Å². The van der Waals surface area contributed by atoms with E-state index in [1.807, 2.05) is 25.2 Å². The summed E-state index contributed by atoms with van der Waals surface area (Å²) in [6.07, 6.45) is 3.01. The summed E-state index contributed by atoms with van der Waals surface area (Å²) in [4.78, 5) is 16.3. The Bertz CT molecular complexity index is 516. The van der Waals surface area contributed by atoms with Crippen molar-refractivity contribution < 1.29 is 9.90 Å². The third-order valence-electron chi connectivity index (χ3n) is 4.85. The number of para-hydroxylation sites is 1. The largest absolute Gasteiger partial charge is 0.396 e. The molecular weight excluding hydrogens is 278 g/mol. The molecule has 1 aliphatic carbocycles. The maximum absolute atomic E-state index is 12.3. The molecule has 1 saturated heterocycles. The highest BCUT2D eigenvalue weighted by Crippen LogP contribution is 2.45. The van der Waals surface area contributed by atoms with Crippen molar-refractivity contribution in [1.82, 2.24) is 10.2 Å². The highest BCUT2D eigenvalue weighted by molar-refractivity contribution is 5.74. The molecule has 1 aromatic rings. The molecule has 5 heteroatoms. The third-order valence-corrected chi connectivity index (χ3v) is 4.85. The van der Waals surface area contributed by atoms with Crippen molar-refractivity contribution in [3.05, 3.63) is 30.3 Å². The van der Waals surface area contributed by atoms with Crippen molar-refractivity contribution in [1.29, 1.82) is 0 Å². The summed E-state index contributed by atoms with van der Waals surface area (Å²) >= 11 is 0. The molecule has 2 N–H and O–H groups in total. The summed E-state index contributed by atoms with van der Waals surface area (Å²) < 4.78 is 0. The van der Waals surface area contributed by atoms with Crippen LogP contribution in [0, 0.1) is 5.41 Å². The highest BCUT2D eigenvalue weighted by atomic mass is 16.3. The number of nitrogens with one attached hydrogen (secondary N) is 1. The van der Waals surface area contributed by atoms with Crippen LogP contribution in [0.4, 0.5) is 10.5 Å². The third kappa shape index (κ3) is 3.35. The molecule has 1 atom stereocenters. The Hall–Kier alpha value is -1.75. The van der Waals surface area contributed by atoms with Crippen molar-refractivity contribution in [3.8, 4) is 0 Å². The average molecular weight is 303 g/mol. The minimum atomic E-state index is -0.0299. The van der Waals surface area contributed by atoms with Gasteiger partial charge in [0, 0.05) is 43.8 Å². The molecular formula is C17H25N3O2. The molecule has 22 heavy (non-hydrogen) atoms. The maximum Gasteiger partial charge on any atom is 0.317 e. The maximum atomic E-state index is 12.3. The monoisotopic (exact) mass is 303 g/mol. The zero-order valence-corrected chi connectivity index (χ0v) is 13.2. The minimum absolute atomic E-state index is 0.0281. The van der Waals surface area contributed by atoms with Crippen LogP contribution in [-0.2, 0) is 0 Å². The van der Waals surface area contributed by atoms with Crippen LogP contribution in [0.5, 0.6) is 0 Å². The van der Waals surface area contributed by atoms with E-state index in [0.29, 0.717) is 6.54 Å². The van der Waals surface area contributed by atoms with Gasteiger partial charge in [-0.1, -0.05) is 18.2 Å². The van der Waals surface area contributed by atoms with Crippen molar-refractivity contribution >= 4 is 11.7 Å². The van der Waals surface area contributed by atoms with Gasteiger partial charge in [-0.25, -0.2) is 4.79 Å². The number of urea groups is 1. The smallest absolute Gasteiger partial charge is 0.317 e. The van der Waals surface area contributed by atoms with E-state index in [1.54, 1.807) is 4.90 Å². The van der Waals surface area contributed by atoms with E-state index in [2.05, 4.69) is 22.3 Å². The summed E-state index contributed by atoms with van der Waals surface area (Å²) in [7, 11) is 1.81. The van der Waals surface area contributed by atoms with E-state index in [9.17, 15) is 9.90 Å². The van der Waals surface area contributed by atoms with Crippen LogP contribution < -0.4 is 10.2 Å². The van der Waals surface area contributed by atoms with Crippen LogP contribution in [0.25, 0.3) is 0 Å². The van der Waals surface area contributed by atoms with Gasteiger partial charge in [-0.2, -0.15) is 0 Å². The molecule has 0 unspecified atom stereocenters. The number of amides is 2. The molecule has 1 aromatic carbocycles. The Morgan fingerprint density at radius 1 is 1.41 bits per heavy atom. The lowest BCUT2D eigenvalue weighted by Gasteiger charge is -2.25. The van der Waals surface area contributed by atoms with Gasteiger partial charge >= 0.3 is 6.03 Å². The second kappa shape index (κ2) is 6.16. The van der Waals surface area contributed by atoms with Gasteiger partial charge in [0.1, 0.15) is 0 Å². The Kier molecular flexibility index (Phi) is 4.25. The van der Waals surface area contributed by atoms with E-state index in [-0.39, 0.29) is 24.1 Å². The number of rotatable bonds is 5. The summed E-state index contributed by atoms with van der Waals surface area (Å²) in [6.45, 7) is 2.65. The molecule has 5 nitrogen and oxygen atoms in total. The highest BCUT2D eigenvalue weighted by Gasteiger charge is 2.43. The zero-order valence-electron chi connectivity index (χ0n) is 13.2. The zero-order chi connectivity index (χ0) is 15.6. The quantitative estimate of drug-likeness (QED) is 0.870. The van der Waals surface area contributed by atoms with Crippen molar-refractivity contribution in [2.75, 3.05) is 38.2 Å². The average Bonchev–Trinajstić information content (AvgIpc) is 3.16. The lowest BCUT2D eigenvalue weighted by atomic mass is 10.1. The van der Waals surface area contributed by atoms with Crippen LogP contribution in [0.15, 0.2) is 30.3 Å². The Morgan fingerprint density at radius 2 is 2.14 bits per heavy atom. The molecule has 2 fully saturated rings. The molecule has 1 heterocycles. The first-order valence-electron chi connectivity index (χ1n) is 8.04. The molecule has 2 amide bonds. The number of benzene rings is 1. The minimum Gasteiger partial charge on any atom is -0.396 e. The lowest BCUT2D eigenvalue weighted by Crippen LogP contribution is -2.46. The number of hydrogen-bond donors (Lipinski definition) is 2. The number of aliphatic hydroxyl groups excluding tert-OH is 1.